The molecule has 15 aromatic rings. The standard InChI is InChI=1S/C54H28N2O2/c1-5-17-39-33(11-1)49-51-35-25-23-30(32-16-10-22-46-48(32)38-14-4-8-20-44(38)58-46)28-42(35)56-40-18-6-2-12-34(40)50(54(51)56)52-36-26-24-29(27-41(36)55(39)53(49)52)31-15-9-21-45-47(31)37-13-3-7-19-43(37)57-45/h1-28H. The Labute approximate surface area is 328 Å². The van der Waals surface area contributed by atoms with Crippen molar-refractivity contribution < 1.29 is 8.83 Å². The van der Waals surface area contributed by atoms with Crippen molar-refractivity contribution in [2.24, 2.45) is 0 Å². The van der Waals surface area contributed by atoms with E-state index >= 15 is 0 Å². The predicted molar refractivity (Wildman–Crippen MR) is 241 cm³/mol. The molecule has 0 spiro atoms. The van der Waals surface area contributed by atoms with Crippen molar-refractivity contribution in [1.29, 1.82) is 0 Å². The molecule has 6 aromatic heterocycles. The van der Waals surface area contributed by atoms with E-state index in [1.54, 1.807) is 0 Å². The Balaban J connectivity index is 1.10. The van der Waals surface area contributed by atoms with Crippen LogP contribution in [0.5, 0.6) is 0 Å². The van der Waals surface area contributed by atoms with E-state index in [1.807, 2.05) is 12.1 Å². The number of furan rings is 2. The van der Waals surface area contributed by atoms with Gasteiger partial charge < -0.3 is 17.6 Å². The molecule has 15 rings (SSSR count). The third-order valence-electron chi connectivity index (χ3n) is 13.2. The normalized spacial score (nSPS) is 12.8. The summed E-state index contributed by atoms with van der Waals surface area (Å²) in [6.45, 7) is 0. The van der Waals surface area contributed by atoms with Crippen molar-refractivity contribution in [1.82, 2.24) is 8.80 Å². The average Bonchev–Trinajstić information content (AvgIpc) is 4.11. The second-order valence-electron chi connectivity index (χ2n) is 15.9. The molecular formula is C54H28N2O2. The van der Waals surface area contributed by atoms with Crippen LogP contribution >= 0.6 is 0 Å². The molecular weight excluding hydrogens is 709 g/mol. The fourth-order valence-electron chi connectivity index (χ4n) is 10.9. The topological polar surface area (TPSA) is 35.1 Å². The van der Waals surface area contributed by atoms with Gasteiger partial charge in [0, 0.05) is 64.6 Å². The van der Waals surface area contributed by atoms with Crippen molar-refractivity contribution in [3.05, 3.63) is 170 Å². The van der Waals surface area contributed by atoms with E-state index in [4.69, 9.17) is 8.83 Å². The summed E-state index contributed by atoms with van der Waals surface area (Å²) >= 11 is 0. The molecule has 0 fully saturated rings. The summed E-state index contributed by atoms with van der Waals surface area (Å²) in [5.41, 5.74) is 15.8. The number of aromatic nitrogens is 2. The van der Waals surface area contributed by atoms with Gasteiger partial charge in [0.25, 0.3) is 0 Å². The second kappa shape index (κ2) is 10.1. The van der Waals surface area contributed by atoms with E-state index in [9.17, 15) is 0 Å². The third-order valence-corrected chi connectivity index (χ3v) is 13.2. The van der Waals surface area contributed by atoms with Crippen LogP contribution in [-0.4, -0.2) is 8.80 Å². The van der Waals surface area contributed by atoms with Gasteiger partial charge in [-0.3, -0.25) is 0 Å². The quantitative estimate of drug-likeness (QED) is 0.177. The minimum absolute atomic E-state index is 0.911. The van der Waals surface area contributed by atoms with Crippen LogP contribution in [0.3, 0.4) is 0 Å². The van der Waals surface area contributed by atoms with E-state index < -0.39 is 0 Å². The zero-order valence-electron chi connectivity index (χ0n) is 30.9. The van der Waals surface area contributed by atoms with Gasteiger partial charge in [-0.2, -0.15) is 0 Å². The monoisotopic (exact) mass is 736 g/mol. The summed E-state index contributed by atoms with van der Waals surface area (Å²) in [7, 11) is 0. The van der Waals surface area contributed by atoms with Crippen LogP contribution in [0, 0.1) is 0 Å². The molecule has 0 radical (unpaired) electrons. The summed E-state index contributed by atoms with van der Waals surface area (Å²) in [6.07, 6.45) is 0. The van der Waals surface area contributed by atoms with Crippen LogP contribution in [0.4, 0.5) is 0 Å². The second-order valence-corrected chi connectivity index (χ2v) is 15.9. The SMILES string of the molecule is c1ccc2c(c1)oc1cccc(-c3ccc4c5c6c7ccccc7n7c8cc(-c9cccc%10oc%11ccccc%11c9%10)ccc8c(c8c9ccccc9n(c4c3)c85)c67)c12. The smallest absolute Gasteiger partial charge is 0.136 e. The summed E-state index contributed by atoms with van der Waals surface area (Å²) in [4.78, 5) is 0. The van der Waals surface area contributed by atoms with Crippen molar-refractivity contribution >= 4 is 120 Å². The largest absolute Gasteiger partial charge is 0.456 e. The fraction of sp³-hybridized carbons (Fsp3) is 0. The molecule has 4 nitrogen and oxygen atoms in total. The van der Waals surface area contributed by atoms with Crippen LogP contribution in [0.25, 0.3) is 142 Å². The maximum absolute atomic E-state index is 6.34. The van der Waals surface area contributed by atoms with Gasteiger partial charge in [-0.25, -0.2) is 0 Å². The Hall–Kier alpha value is -7.82. The molecule has 0 amide bonds. The predicted octanol–water partition coefficient (Wildman–Crippen LogP) is 15.1. The van der Waals surface area contributed by atoms with Crippen LogP contribution in [-0.2, 0) is 0 Å². The Morgan fingerprint density at radius 2 is 0.655 bits per heavy atom. The van der Waals surface area contributed by atoms with Crippen LogP contribution in [0.15, 0.2) is 179 Å². The van der Waals surface area contributed by atoms with E-state index in [-0.39, 0.29) is 0 Å². The lowest BCUT2D eigenvalue weighted by molar-refractivity contribution is 0.668. The fourth-order valence-corrected chi connectivity index (χ4v) is 10.9. The highest BCUT2D eigenvalue weighted by molar-refractivity contribution is 6.45. The number of fused-ring (bicyclic) bond motifs is 20. The maximum atomic E-state index is 6.34. The number of nitrogens with zero attached hydrogens (tertiary/aromatic N) is 2. The molecule has 6 heterocycles. The highest BCUT2D eigenvalue weighted by atomic mass is 16.3. The minimum Gasteiger partial charge on any atom is -0.456 e. The molecule has 266 valence electrons. The number of hydrogen-bond donors (Lipinski definition) is 0. The van der Waals surface area contributed by atoms with Crippen LogP contribution < -0.4 is 0 Å². The van der Waals surface area contributed by atoms with Crippen LogP contribution in [0.1, 0.15) is 0 Å². The number of hydrogen-bond acceptors (Lipinski definition) is 2. The third kappa shape index (κ3) is 3.38. The molecule has 0 aliphatic carbocycles. The Kier molecular flexibility index (Phi) is 5.14. The number of rotatable bonds is 2. The lowest BCUT2D eigenvalue weighted by Gasteiger charge is -2.06. The Bertz CT molecular complexity index is 3990. The molecule has 0 unspecified atom stereocenters. The van der Waals surface area contributed by atoms with E-state index in [1.165, 1.54) is 98.4 Å². The van der Waals surface area contributed by atoms with Gasteiger partial charge in [0.1, 0.15) is 22.3 Å². The van der Waals surface area contributed by atoms with Crippen molar-refractivity contribution in [3.8, 4) is 22.3 Å². The van der Waals surface area contributed by atoms with Crippen molar-refractivity contribution in [2.45, 2.75) is 0 Å². The van der Waals surface area contributed by atoms with Gasteiger partial charge in [-0.1, -0.05) is 121 Å². The first-order valence-corrected chi connectivity index (χ1v) is 19.9. The van der Waals surface area contributed by atoms with Crippen LogP contribution in [0.2, 0.25) is 0 Å². The van der Waals surface area contributed by atoms with Gasteiger partial charge in [0.15, 0.2) is 0 Å². The van der Waals surface area contributed by atoms with Gasteiger partial charge in [-0.15, -0.1) is 0 Å². The molecule has 4 heteroatoms. The molecule has 0 bridgehead atoms. The average molecular weight is 737 g/mol. The highest BCUT2D eigenvalue weighted by Crippen LogP contribution is 2.53. The van der Waals surface area contributed by atoms with E-state index in [2.05, 4.69) is 167 Å². The van der Waals surface area contributed by atoms with Gasteiger partial charge in [0.2, 0.25) is 0 Å². The highest BCUT2D eigenvalue weighted by Gasteiger charge is 2.29. The van der Waals surface area contributed by atoms with E-state index in [0.717, 1.165) is 43.9 Å². The summed E-state index contributed by atoms with van der Waals surface area (Å²) in [5.74, 6) is 0. The molecule has 9 aromatic carbocycles. The number of benzene rings is 9. The minimum atomic E-state index is 0.911. The molecule has 0 N–H and O–H groups in total. The first kappa shape index (κ1) is 29.5. The maximum Gasteiger partial charge on any atom is 0.136 e. The zero-order valence-corrected chi connectivity index (χ0v) is 30.9. The van der Waals surface area contributed by atoms with Crippen molar-refractivity contribution in [2.75, 3.05) is 0 Å². The molecule has 0 aliphatic rings. The lowest BCUT2D eigenvalue weighted by atomic mass is 9.95. The Morgan fingerprint density at radius 1 is 0.276 bits per heavy atom. The lowest BCUT2D eigenvalue weighted by Crippen LogP contribution is -1.83. The molecule has 0 saturated heterocycles. The molecule has 58 heavy (non-hydrogen) atoms. The van der Waals surface area contributed by atoms with Gasteiger partial charge in [-0.05, 0) is 70.8 Å². The summed E-state index contributed by atoms with van der Waals surface area (Å²) < 4.78 is 17.8. The molecule has 0 atom stereocenters. The number of para-hydroxylation sites is 4. The van der Waals surface area contributed by atoms with E-state index in [0.29, 0.717) is 0 Å². The first-order chi connectivity index (χ1) is 28.8. The first-order valence-electron chi connectivity index (χ1n) is 19.9. The summed E-state index contributed by atoms with van der Waals surface area (Å²) in [6, 6.07) is 61.8. The van der Waals surface area contributed by atoms with Gasteiger partial charge in [0.05, 0.1) is 33.1 Å². The van der Waals surface area contributed by atoms with Gasteiger partial charge >= 0.3 is 0 Å². The van der Waals surface area contributed by atoms with Crippen molar-refractivity contribution in [3.63, 3.8) is 0 Å². The Morgan fingerprint density at radius 3 is 1.12 bits per heavy atom. The zero-order chi connectivity index (χ0) is 37.4. The molecule has 0 aliphatic heterocycles. The molecule has 0 saturated carbocycles. The summed E-state index contributed by atoms with van der Waals surface area (Å²) in [5, 5.41) is 15.0.